The number of rotatable bonds is 9. The van der Waals surface area contributed by atoms with E-state index < -0.39 is 12.1 Å². The molecule has 1 saturated heterocycles. The van der Waals surface area contributed by atoms with Crippen LogP contribution in [0.4, 0.5) is 4.79 Å². The molecule has 1 aliphatic rings. The number of alkyl carbamates (subject to hydrolysis) is 1. The summed E-state index contributed by atoms with van der Waals surface area (Å²) in [5.41, 5.74) is 2.58. The highest BCUT2D eigenvalue weighted by atomic mass is 16.5. The highest BCUT2D eigenvalue weighted by Crippen LogP contribution is 2.20. The smallest absolute Gasteiger partial charge is 0.408 e. The third-order valence-corrected chi connectivity index (χ3v) is 5.33. The lowest BCUT2D eigenvalue weighted by molar-refractivity contribution is -0.124. The maximum Gasteiger partial charge on any atom is 0.408 e. The number of ether oxygens (including phenoxy) is 2. The van der Waals surface area contributed by atoms with Crippen molar-refractivity contribution in [2.24, 2.45) is 0 Å². The summed E-state index contributed by atoms with van der Waals surface area (Å²) in [6, 6.07) is 25.6. The topological polar surface area (TPSA) is 88.7 Å². The van der Waals surface area contributed by atoms with E-state index in [1.807, 2.05) is 60.7 Å². The summed E-state index contributed by atoms with van der Waals surface area (Å²) in [7, 11) is 0. The fourth-order valence-electron chi connectivity index (χ4n) is 3.36. The van der Waals surface area contributed by atoms with E-state index in [1.165, 1.54) is 0 Å². The quantitative estimate of drug-likeness (QED) is 0.470. The minimum Gasteiger partial charge on any atom is -0.489 e. The zero-order valence-electron chi connectivity index (χ0n) is 18.2. The van der Waals surface area contributed by atoms with Gasteiger partial charge in [-0.3, -0.25) is 4.79 Å². The number of nitrogens with one attached hydrogen (secondary N) is 3. The first-order valence-electron chi connectivity index (χ1n) is 10.9. The Morgan fingerprint density at radius 3 is 2.03 bits per heavy atom. The Labute approximate surface area is 193 Å². The van der Waals surface area contributed by atoms with Crippen molar-refractivity contribution in [3.63, 3.8) is 0 Å². The van der Waals surface area contributed by atoms with Crippen molar-refractivity contribution in [2.75, 3.05) is 13.1 Å². The predicted molar refractivity (Wildman–Crippen MR) is 125 cm³/mol. The second-order valence-electron chi connectivity index (χ2n) is 7.85. The second-order valence-corrected chi connectivity index (χ2v) is 7.85. The summed E-state index contributed by atoms with van der Waals surface area (Å²) in [6.07, 6.45) is -0.657. The molecule has 33 heavy (non-hydrogen) atoms. The molecule has 1 heterocycles. The van der Waals surface area contributed by atoms with E-state index in [0.29, 0.717) is 31.0 Å². The Balaban J connectivity index is 1.39. The first kappa shape index (κ1) is 22.4. The van der Waals surface area contributed by atoms with Gasteiger partial charge in [0, 0.05) is 13.1 Å². The number of hydrogen-bond donors (Lipinski definition) is 3. The minimum atomic E-state index is -0.878. The SMILES string of the molecule is O=C(N[C@@H](C(=O)NC1CNC1)c1ccc(OCc2ccccc2)cc1)OCc1ccccc1. The Hall–Kier alpha value is -3.84. The Morgan fingerprint density at radius 1 is 0.848 bits per heavy atom. The molecule has 0 radical (unpaired) electrons. The lowest BCUT2D eigenvalue weighted by Crippen LogP contribution is -2.58. The van der Waals surface area contributed by atoms with Crippen molar-refractivity contribution in [3.8, 4) is 5.75 Å². The van der Waals surface area contributed by atoms with E-state index in [1.54, 1.807) is 24.3 Å². The van der Waals surface area contributed by atoms with Gasteiger partial charge in [0.1, 0.15) is 25.0 Å². The van der Waals surface area contributed by atoms with E-state index in [-0.39, 0.29) is 18.6 Å². The van der Waals surface area contributed by atoms with E-state index in [2.05, 4.69) is 16.0 Å². The maximum atomic E-state index is 12.9. The van der Waals surface area contributed by atoms with E-state index in [4.69, 9.17) is 9.47 Å². The van der Waals surface area contributed by atoms with Gasteiger partial charge in [0.05, 0.1) is 6.04 Å². The van der Waals surface area contributed by atoms with E-state index in [0.717, 1.165) is 11.1 Å². The summed E-state index contributed by atoms with van der Waals surface area (Å²) in [5, 5.41) is 8.77. The fourth-order valence-corrected chi connectivity index (χ4v) is 3.36. The first-order chi connectivity index (χ1) is 16.2. The van der Waals surface area contributed by atoms with Gasteiger partial charge in [0.15, 0.2) is 0 Å². The molecule has 4 rings (SSSR count). The maximum absolute atomic E-state index is 12.9. The lowest BCUT2D eigenvalue weighted by atomic mass is 10.0. The molecule has 2 amide bonds. The zero-order valence-corrected chi connectivity index (χ0v) is 18.2. The molecular formula is C26H27N3O4. The molecule has 1 fully saturated rings. The molecule has 170 valence electrons. The number of hydrogen-bond acceptors (Lipinski definition) is 5. The molecule has 0 aliphatic carbocycles. The molecule has 3 aromatic carbocycles. The van der Waals surface area contributed by atoms with Crippen LogP contribution in [0.1, 0.15) is 22.7 Å². The number of benzene rings is 3. The van der Waals surface area contributed by atoms with Gasteiger partial charge in [0.2, 0.25) is 5.91 Å². The normalized spacial score (nSPS) is 13.9. The molecule has 1 atom stereocenters. The van der Waals surface area contributed by atoms with Crippen molar-refractivity contribution < 1.29 is 19.1 Å². The van der Waals surface area contributed by atoms with Crippen molar-refractivity contribution in [3.05, 3.63) is 102 Å². The summed E-state index contributed by atoms with van der Waals surface area (Å²) in [6.45, 7) is 2.00. The van der Waals surface area contributed by atoms with E-state index in [9.17, 15) is 9.59 Å². The fraction of sp³-hybridized carbons (Fsp3) is 0.231. The van der Waals surface area contributed by atoms with Crippen molar-refractivity contribution in [2.45, 2.75) is 25.3 Å². The molecule has 0 unspecified atom stereocenters. The van der Waals surface area contributed by atoms with Crippen LogP contribution in [0.25, 0.3) is 0 Å². The Bertz CT molecular complexity index is 1040. The van der Waals surface area contributed by atoms with Crippen LogP contribution in [0.3, 0.4) is 0 Å². The van der Waals surface area contributed by atoms with Crippen LogP contribution in [0.2, 0.25) is 0 Å². The van der Waals surface area contributed by atoms with Crippen molar-refractivity contribution in [1.82, 2.24) is 16.0 Å². The van der Waals surface area contributed by atoms with Gasteiger partial charge >= 0.3 is 6.09 Å². The summed E-state index contributed by atoms with van der Waals surface area (Å²) < 4.78 is 11.1. The van der Waals surface area contributed by atoms with Crippen LogP contribution in [0.15, 0.2) is 84.9 Å². The van der Waals surface area contributed by atoms with Crippen LogP contribution in [0.5, 0.6) is 5.75 Å². The second kappa shape index (κ2) is 11.2. The molecule has 0 bridgehead atoms. The van der Waals surface area contributed by atoms with Gasteiger partial charge in [0.25, 0.3) is 0 Å². The van der Waals surface area contributed by atoms with Crippen LogP contribution in [-0.4, -0.2) is 31.1 Å². The third kappa shape index (κ3) is 6.57. The van der Waals surface area contributed by atoms with E-state index >= 15 is 0 Å². The average Bonchev–Trinajstić information content (AvgIpc) is 2.84. The molecule has 1 aliphatic heterocycles. The summed E-state index contributed by atoms with van der Waals surface area (Å²) >= 11 is 0. The van der Waals surface area contributed by atoms with Crippen LogP contribution in [-0.2, 0) is 22.7 Å². The van der Waals surface area contributed by atoms with Gasteiger partial charge in [-0.25, -0.2) is 4.79 Å². The lowest BCUT2D eigenvalue weighted by Gasteiger charge is -2.30. The summed E-state index contributed by atoms with van der Waals surface area (Å²) in [4.78, 5) is 25.4. The summed E-state index contributed by atoms with van der Waals surface area (Å²) in [5.74, 6) is 0.396. The number of carbonyl (C=O) groups is 2. The molecule has 0 saturated carbocycles. The van der Waals surface area contributed by atoms with Gasteiger partial charge < -0.3 is 25.4 Å². The van der Waals surface area contributed by atoms with Crippen molar-refractivity contribution in [1.29, 1.82) is 0 Å². The molecule has 3 aromatic rings. The molecular weight excluding hydrogens is 418 g/mol. The van der Waals surface area contributed by atoms with Crippen LogP contribution in [0, 0.1) is 0 Å². The average molecular weight is 446 g/mol. The molecule has 3 N–H and O–H groups in total. The number of amides is 2. The molecule has 7 nitrogen and oxygen atoms in total. The van der Waals surface area contributed by atoms with Crippen LogP contribution < -0.4 is 20.7 Å². The minimum absolute atomic E-state index is 0.0515. The first-order valence-corrected chi connectivity index (χ1v) is 10.9. The standard InChI is InChI=1S/C26H27N3O4/c30-25(28-22-15-27-16-22)24(29-26(31)33-18-20-9-5-2-6-10-20)21-11-13-23(14-12-21)32-17-19-7-3-1-4-8-19/h1-14,22,24,27H,15-18H2,(H,28,30)(H,29,31)/t24-/m1/s1. The third-order valence-electron chi connectivity index (χ3n) is 5.33. The van der Waals surface area contributed by atoms with Crippen molar-refractivity contribution >= 4 is 12.0 Å². The van der Waals surface area contributed by atoms with Gasteiger partial charge in [-0.15, -0.1) is 0 Å². The number of carbonyl (C=O) groups excluding carboxylic acids is 2. The molecule has 0 spiro atoms. The van der Waals surface area contributed by atoms with Gasteiger partial charge in [-0.1, -0.05) is 72.8 Å². The zero-order chi connectivity index (χ0) is 22.9. The highest BCUT2D eigenvalue weighted by Gasteiger charge is 2.27. The van der Waals surface area contributed by atoms with Gasteiger partial charge in [-0.05, 0) is 28.8 Å². The Morgan fingerprint density at radius 2 is 1.45 bits per heavy atom. The largest absolute Gasteiger partial charge is 0.489 e. The predicted octanol–water partition coefficient (Wildman–Crippen LogP) is 3.32. The Kier molecular flexibility index (Phi) is 7.56. The van der Waals surface area contributed by atoms with Gasteiger partial charge in [-0.2, -0.15) is 0 Å². The highest BCUT2D eigenvalue weighted by molar-refractivity contribution is 5.87. The molecule has 0 aromatic heterocycles. The van der Waals surface area contributed by atoms with Crippen LogP contribution >= 0.6 is 0 Å². The molecule has 7 heteroatoms. The monoisotopic (exact) mass is 445 g/mol.